The molecule has 2 N–H and O–H groups in total. The maximum Gasteiger partial charge on any atom is 0.227 e. The first-order valence-corrected chi connectivity index (χ1v) is 8.27. The zero-order valence-corrected chi connectivity index (χ0v) is 13.6. The number of pyridine rings is 1. The molecule has 0 unspecified atom stereocenters. The van der Waals surface area contributed by atoms with E-state index in [1.807, 2.05) is 24.3 Å². The Balaban J connectivity index is 1.50. The molecule has 2 aromatic rings. The third-order valence-electron chi connectivity index (χ3n) is 4.29. The van der Waals surface area contributed by atoms with Crippen LogP contribution in [0, 0.1) is 0 Å². The number of carbonyl (C=O) groups excluding carboxylic acids is 1. The minimum absolute atomic E-state index is 0.150. The first-order valence-electron chi connectivity index (χ1n) is 8.27. The van der Waals surface area contributed by atoms with Crippen LogP contribution < -0.4 is 10.1 Å². The van der Waals surface area contributed by atoms with E-state index in [4.69, 9.17) is 4.74 Å². The average molecular weight is 326 g/mol. The Morgan fingerprint density at radius 1 is 1.21 bits per heavy atom. The van der Waals surface area contributed by atoms with Crippen molar-refractivity contribution in [3.05, 3.63) is 54.4 Å². The molecule has 0 atom stereocenters. The number of aliphatic hydroxyl groups is 1. The van der Waals surface area contributed by atoms with Gasteiger partial charge in [-0.25, -0.2) is 0 Å². The predicted octanol–water partition coefficient (Wildman–Crippen LogP) is 3.29. The molecule has 5 nitrogen and oxygen atoms in total. The molecule has 1 saturated carbocycles. The molecule has 1 fully saturated rings. The van der Waals surface area contributed by atoms with Crippen LogP contribution >= 0.6 is 0 Å². The molecule has 0 aliphatic heterocycles. The van der Waals surface area contributed by atoms with Gasteiger partial charge in [0.25, 0.3) is 0 Å². The second-order valence-electron chi connectivity index (χ2n) is 6.33. The van der Waals surface area contributed by atoms with E-state index in [0.29, 0.717) is 25.1 Å². The summed E-state index contributed by atoms with van der Waals surface area (Å²) in [6, 6.07) is 11.1. The van der Waals surface area contributed by atoms with Crippen LogP contribution in [0.4, 0.5) is 5.69 Å². The summed E-state index contributed by atoms with van der Waals surface area (Å²) in [5.74, 6) is 0.578. The van der Waals surface area contributed by atoms with Crippen LogP contribution in [0.25, 0.3) is 0 Å². The van der Waals surface area contributed by atoms with Gasteiger partial charge in [0.2, 0.25) is 5.91 Å². The SMILES string of the molecule is O=C(CC1(O)CCCC1)Nc1ccc(OCc2cccnc2)cc1. The van der Waals surface area contributed by atoms with Crippen molar-refractivity contribution in [2.75, 3.05) is 5.32 Å². The van der Waals surface area contributed by atoms with E-state index < -0.39 is 5.60 Å². The van der Waals surface area contributed by atoms with Gasteiger partial charge < -0.3 is 15.2 Å². The molecular weight excluding hydrogens is 304 g/mol. The first-order chi connectivity index (χ1) is 11.6. The third kappa shape index (κ3) is 4.55. The molecule has 1 amide bonds. The highest BCUT2D eigenvalue weighted by Gasteiger charge is 2.33. The highest BCUT2D eigenvalue weighted by atomic mass is 16.5. The Morgan fingerprint density at radius 3 is 2.62 bits per heavy atom. The number of aromatic nitrogens is 1. The van der Waals surface area contributed by atoms with Crippen LogP contribution in [0.15, 0.2) is 48.8 Å². The summed E-state index contributed by atoms with van der Waals surface area (Å²) in [4.78, 5) is 16.1. The van der Waals surface area contributed by atoms with Crippen molar-refractivity contribution in [1.82, 2.24) is 4.98 Å². The highest BCUT2D eigenvalue weighted by molar-refractivity contribution is 5.91. The second-order valence-corrected chi connectivity index (χ2v) is 6.33. The Kier molecular flexibility index (Phi) is 5.11. The number of ether oxygens (including phenoxy) is 1. The summed E-state index contributed by atoms with van der Waals surface area (Å²) >= 11 is 0. The van der Waals surface area contributed by atoms with Crippen molar-refractivity contribution >= 4 is 11.6 Å². The molecule has 3 rings (SSSR count). The Hall–Kier alpha value is -2.40. The Morgan fingerprint density at radius 2 is 1.96 bits per heavy atom. The fourth-order valence-corrected chi connectivity index (χ4v) is 3.00. The van der Waals surface area contributed by atoms with Crippen LogP contribution in [0.3, 0.4) is 0 Å². The summed E-state index contributed by atoms with van der Waals surface area (Å²) < 4.78 is 5.68. The van der Waals surface area contributed by atoms with E-state index in [2.05, 4.69) is 10.3 Å². The van der Waals surface area contributed by atoms with Crippen molar-refractivity contribution in [3.8, 4) is 5.75 Å². The standard InChI is InChI=1S/C19H22N2O3/c22-18(12-19(23)9-1-2-10-19)21-16-5-7-17(8-6-16)24-14-15-4-3-11-20-13-15/h3-8,11,13,23H,1-2,9-10,12,14H2,(H,21,22). The fraction of sp³-hybridized carbons (Fsp3) is 0.368. The molecule has 1 aromatic heterocycles. The van der Waals surface area contributed by atoms with Crippen molar-refractivity contribution in [3.63, 3.8) is 0 Å². The quantitative estimate of drug-likeness (QED) is 0.854. The van der Waals surface area contributed by atoms with Crippen LogP contribution in [-0.2, 0) is 11.4 Å². The van der Waals surface area contributed by atoms with Crippen LogP contribution in [0.1, 0.15) is 37.7 Å². The zero-order valence-electron chi connectivity index (χ0n) is 13.6. The van der Waals surface area contributed by atoms with Crippen LogP contribution in [0.2, 0.25) is 0 Å². The maximum absolute atomic E-state index is 12.1. The summed E-state index contributed by atoms with van der Waals surface area (Å²) in [5.41, 5.74) is 0.881. The molecule has 0 saturated heterocycles. The van der Waals surface area contributed by atoms with E-state index >= 15 is 0 Å². The largest absolute Gasteiger partial charge is 0.489 e. The highest BCUT2D eigenvalue weighted by Crippen LogP contribution is 2.32. The van der Waals surface area contributed by atoms with Gasteiger partial charge in [0, 0.05) is 23.6 Å². The third-order valence-corrected chi connectivity index (χ3v) is 4.29. The molecular formula is C19H22N2O3. The molecule has 5 heteroatoms. The molecule has 1 aromatic carbocycles. The van der Waals surface area contributed by atoms with Gasteiger partial charge in [0.1, 0.15) is 12.4 Å². The lowest BCUT2D eigenvalue weighted by molar-refractivity contribution is -0.120. The number of benzene rings is 1. The molecule has 0 bridgehead atoms. The molecule has 1 aliphatic rings. The lowest BCUT2D eigenvalue weighted by Gasteiger charge is -2.21. The summed E-state index contributed by atoms with van der Waals surface area (Å²) in [6.07, 6.45) is 7.06. The van der Waals surface area contributed by atoms with Crippen LogP contribution in [0.5, 0.6) is 5.75 Å². The first kappa shape index (κ1) is 16.5. The van der Waals surface area contributed by atoms with Crippen molar-refractivity contribution in [2.45, 2.75) is 44.3 Å². The minimum Gasteiger partial charge on any atom is -0.489 e. The number of anilines is 1. The van der Waals surface area contributed by atoms with E-state index in [1.165, 1.54) is 0 Å². The molecule has 126 valence electrons. The molecule has 0 spiro atoms. The van der Waals surface area contributed by atoms with Gasteiger partial charge in [0.05, 0.1) is 12.0 Å². The van der Waals surface area contributed by atoms with E-state index in [1.54, 1.807) is 24.5 Å². The van der Waals surface area contributed by atoms with Crippen LogP contribution in [-0.4, -0.2) is 21.6 Å². The van der Waals surface area contributed by atoms with Gasteiger partial charge in [0.15, 0.2) is 0 Å². The van der Waals surface area contributed by atoms with Crippen molar-refractivity contribution in [2.24, 2.45) is 0 Å². The number of carbonyl (C=O) groups is 1. The van der Waals surface area contributed by atoms with Crippen molar-refractivity contribution in [1.29, 1.82) is 0 Å². The topological polar surface area (TPSA) is 71.5 Å². The second kappa shape index (κ2) is 7.45. The van der Waals surface area contributed by atoms with E-state index in [0.717, 1.165) is 24.2 Å². The Labute approximate surface area is 141 Å². The summed E-state index contributed by atoms with van der Waals surface area (Å²) in [5, 5.41) is 13.1. The average Bonchev–Trinajstić information content (AvgIpc) is 3.01. The van der Waals surface area contributed by atoms with Gasteiger partial charge in [-0.05, 0) is 43.2 Å². The minimum atomic E-state index is -0.823. The normalized spacial score (nSPS) is 15.9. The van der Waals surface area contributed by atoms with Gasteiger partial charge >= 0.3 is 0 Å². The van der Waals surface area contributed by atoms with E-state index in [-0.39, 0.29) is 12.3 Å². The molecule has 0 radical (unpaired) electrons. The van der Waals surface area contributed by atoms with Gasteiger partial charge in [-0.15, -0.1) is 0 Å². The van der Waals surface area contributed by atoms with E-state index in [9.17, 15) is 9.90 Å². The van der Waals surface area contributed by atoms with Gasteiger partial charge in [-0.1, -0.05) is 18.9 Å². The molecule has 24 heavy (non-hydrogen) atoms. The number of hydrogen-bond donors (Lipinski definition) is 2. The van der Waals surface area contributed by atoms with Gasteiger partial charge in [-0.3, -0.25) is 9.78 Å². The van der Waals surface area contributed by atoms with Gasteiger partial charge in [-0.2, -0.15) is 0 Å². The van der Waals surface area contributed by atoms with Crippen molar-refractivity contribution < 1.29 is 14.6 Å². The number of nitrogens with zero attached hydrogens (tertiary/aromatic N) is 1. The maximum atomic E-state index is 12.1. The number of amides is 1. The lowest BCUT2D eigenvalue weighted by Crippen LogP contribution is -2.30. The fourth-order valence-electron chi connectivity index (χ4n) is 3.00. The number of rotatable bonds is 6. The smallest absolute Gasteiger partial charge is 0.227 e. The zero-order chi connectivity index (χ0) is 16.8. The monoisotopic (exact) mass is 326 g/mol. The number of hydrogen-bond acceptors (Lipinski definition) is 4. The summed E-state index contributed by atoms with van der Waals surface area (Å²) in [7, 11) is 0. The Bertz CT molecular complexity index is 665. The summed E-state index contributed by atoms with van der Waals surface area (Å²) in [6.45, 7) is 0.451. The number of nitrogens with one attached hydrogen (secondary N) is 1. The molecule has 1 heterocycles. The molecule has 1 aliphatic carbocycles. The lowest BCUT2D eigenvalue weighted by atomic mass is 9.97. The predicted molar refractivity (Wildman–Crippen MR) is 91.7 cm³/mol.